The van der Waals surface area contributed by atoms with Crippen molar-refractivity contribution in [3.8, 4) is 0 Å². The van der Waals surface area contributed by atoms with Crippen LogP contribution in [-0.2, 0) is 0 Å². The third kappa shape index (κ3) is 2.53. The molecule has 0 fully saturated rings. The largest absolute Gasteiger partial charge is 0.307 e. The second-order valence-electron chi connectivity index (χ2n) is 3.73. The maximum Gasteiger partial charge on any atom is 0.276 e. The van der Waals surface area contributed by atoms with Crippen LogP contribution in [0.3, 0.4) is 0 Å². The third-order valence-electron chi connectivity index (χ3n) is 2.56. The molecular formula is C14H13FN2O. The molecular weight excluding hydrogens is 231 g/mol. The van der Waals surface area contributed by atoms with Gasteiger partial charge in [0, 0.05) is 12.2 Å². The Hall–Kier alpha value is -2.23. The van der Waals surface area contributed by atoms with Crippen molar-refractivity contribution < 1.29 is 9.18 Å². The first-order chi connectivity index (χ1) is 8.72. The topological polar surface area (TPSA) is 33.2 Å². The van der Waals surface area contributed by atoms with E-state index in [0.717, 1.165) is 5.69 Å². The lowest BCUT2D eigenvalue weighted by Crippen LogP contribution is -2.31. The minimum atomic E-state index is -0.648. The van der Waals surface area contributed by atoms with Gasteiger partial charge in [-0.05, 0) is 31.2 Å². The summed E-state index contributed by atoms with van der Waals surface area (Å²) in [6, 6.07) is 13.5. The number of carbonyl (C=O) groups is 1. The molecule has 0 bridgehead atoms. The average Bonchev–Trinajstić information content (AvgIpc) is 2.41. The zero-order chi connectivity index (χ0) is 13.0. The summed E-state index contributed by atoms with van der Waals surface area (Å²) in [4.78, 5) is 17.4. The summed E-state index contributed by atoms with van der Waals surface area (Å²) in [6.07, 6.45) is 0. The molecule has 0 aliphatic rings. The van der Waals surface area contributed by atoms with Gasteiger partial charge in [-0.3, -0.25) is 4.79 Å². The molecule has 1 aromatic carbocycles. The number of para-hydroxylation sites is 1. The van der Waals surface area contributed by atoms with Crippen molar-refractivity contribution >= 4 is 11.6 Å². The number of benzene rings is 1. The van der Waals surface area contributed by atoms with Crippen LogP contribution in [0.2, 0.25) is 0 Å². The van der Waals surface area contributed by atoms with E-state index in [9.17, 15) is 9.18 Å². The van der Waals surface area contributed by atoms with Crippen molar-refractivity contribution in [1.29, 1.82) is 0 Å². The molecule has 0 saturated carbocycles. The Morgan fingerprint density at radius 3 is 2.50 bits per heavy atom. The number of nitrogens with zero attached hydrogens (tertiary/aromatic N) is 2. The van der Waals surface area contributed by atoms with Crippen LogP contribution in [0.25, 0.3) is 0 Å². The first-order valence-electron chi connectivity index (χ1n) is 5.72. The van der Waals surface area contributed by atoms with Crippen LogP contribution in [0.5, 0.6) is 0 Å². The van der Waals surface area contributed by atoms with Gasteiger partial charge in [-0.25, -0.2) is 4.98 Å². The predicted octanol–water partition coefficient (Wildman–Crippen LogP) is 2.89. The van der Waals surface area contributed by atoms with Crippen LogP contribution < -0.4 is 4.90 Å². The number of amides is 1. The van der Waals surface area contributed by atoms with Crippen molar-refractivity contribution in [2.24, 2.45) is 0 Å². The van der Waals surface area contributed by atoms with E-state index in [1.807, 2.05) is 37.3 Å². The average molecular weight is 244 g/mol. The molecule has 2 aromatic rings. The second-order valence-corrected chi connectivity index (χ2v) is 3.73. The Morgan fingerprint density at radius 2 is 1.89 bits per heavy atom. The van der Waals surface area contributed by atoms with E-state index in [4.69, 9.17) is 0 Å². The first-order valence-corrected chi connectivity index (χ1v) is 5.72. The van der Waals surface area contributed by atoms with E-state index in [2.05, 4.69) is 4.98 Å². The number of anilines is 1. The predicted molar refractivity (Wildman–Crippen MR) is 68.0 cm³/mol. The summed E-state index contributed by atoms with van der Waals surface area (Å²) >= 11 is 0. The number of carbonyl (C=O) groups excluding carboxylic acids is 1. The number of halogens is 1. The highest BCUT2D eigenvalue weighted by molar-refractivity contribution is 6.04. The summed E-state index contributed by atoms with van der Waals surface area (Å²) < 4.78 is 13.0. The molecule has 0 atom stereocenters. The molecule has 1 amide bonds. The van der Waals surface area contributed by atoms with Crippen LogP contribution in [0.1, 0.15) is 17.4 Å². The quantitative estimate of drug-likeness (QED) is 0.778. The van der Waals surface area contributed by atoms with Crippen LogP contribution in [-0.4, -0.2) is 17.4 Å². The van der Waals surface area contributed by atoms with Gasteiger partial charge in [0.25, 0.3) is 5.91 Å². The number of aromatic nitrogens is 1. The van der Waals surface area contributed by atoms with Crippen molar-refractivity contribution in [2.75, 3.05) is 11.4 Å². The summed E-state index contributed by atoms with van der Waals surface area (Å²) in [5.74, 6) is -0.951. The molecule has 92 valence electrons. The maximum absolute atomic E-state index is 13.0. The Morgan fingerprint density at radius 1 is 1.17 bits per heavy atom. The fourth-order valence-electron chi connectivity index (χ4n) is 1.72. The van der Waals surface area contributed by atoms with E-state index >= 15 is 0 Å². The standard InChI is InChI=1S/C14H13FN2O/c1-2-17(11-7-4-3-5-8-11)14(18)12-9-6-10-13(15)16-12/h3-10H,2H2,1H3. The first kappa shape index (κ1) is 12.2. The van der Waals surface area contributed by atoms with Crippen molar-refractivity contribution in [1.82, 2.24) is 4.98 Å². The van der Waals surface area contributed by atoms with Gasteiger partial charge in [-0.1, -0.05) is 24.3 Å². The summed E-state index contributed by atoms with van der Waals surface area (Å²) in [5, 5.41) is 0. The smallest absolute Gasteiger partial charge is 0.276 e. The van der Waals surface area contributed by atoms with Crippen LogP contribution in [0, 0.1) is 5.95 Å². The van der Waals surface area contributed by atoms with E-state index in [1.165, 1.54) is 18.2 Å². The van der Waals surface area contributed by atoms with Gasteiger partial charge in [0.1, 0.15) is 5.69 Å². The molecule has 18 heavy (non-hydrogen) atoms. The Balaban J connectivity index is 2.32. The fraction of sp³-hybridized carbons (Fsp3) is 0.143. The molecule has 0 radical (unpaired) electrons. The maximum atomic E-state index is 13.0. The zero-order valence-electron chi connectivity index (χ0n) is 10.0. The van der Waals surface area contributed by atoms with E-state index < -0.39 is 5.95 Å². The van der Waals surface area contributed by atoms with E-state index in [-0.39, 0.29) is 11.6 Å². The number of pyridine rings is 1. The van der Waals surface area contributed by atoms with Gasteiger partial charge in [0.05, 0.1) is 0 Å². The molecule has 0 N–H and O–H groups in total. The number of rotatable bonds is 3. The minimum Gasteiger partial charge on any atom is -0.307 e. The lowest BCUT2D eigenvalue weighted by Gasteiger charge is -2.20. The van der Waals surface area contributed by atoms with Crippen LogP contribution >= 0.6 is 0 Å². The van der Waals surface area contributed by atoms with Gasteiger partial charge in [-0.15, -0.1) is 0 Å². The van der Waals surface area contributed by atoms with Crippen molar-refractivity contribution in [3.63, 3.8) is 0 Å². The monoisotopic (exact) mass is 244 g/mol. The molecule has 0 aliphatic heterocycles. The molecule has 0 unspecified atom stereocenters. The van der Waals surface area contributed by atoms with E-state index in [0.29, 0.717) is 6.54 Å². The molecule has 1 heterocycles. The zero-order valence-corrected chi connectivity index (χ0v) is 10.0. The van der Waals surface area contributed by atoms with Crippen molar-refractivity contribution in [2.45, 2.75) is 6.92 Å². The Labute approximate surface area is 105 Å². The molecule has 0 aliphatic carbocycles. The molecule has 1 aromatic heterocycles. The van der Waals surface area contributed by atoms with Gasteiger partial charge in [0.15, 0.2) is 0 Å². The number of hydrogen-bond acceptors (Lipinski definition) is 2. The number of hydrogen-bond donors (Lipinski definition) is 0. The second kappa shape index (κ2) is 5.40. The highest BCUT2D eigenvalue weighted by atomic mass is 19.1. The lowest BCUT2D eigenvalue weighted by molar-refractivity contribution is 0.0982. The molecule has 0 spiro atoms. The van der Waals surface area contributed by atoms with Crippen LogP contribution in [0.15, 0.2) is 48.5 Å². The molecule has 2 rings (SSSR count). The molecule has 3 nitrogen and oxygen atoms in total. The van der Waals surface area contributed by atoms with Gasteiger partial charge < -0.3 is 4.90 Å². The lowest BCUT2D eigenvalue weighted by atomic mass is 10.2. The highest BCUT2D eigenvalue weighted by Crippen LogP contribution is 2.15. The van der Waals surface area contributed by atoms with E-state index in [1.54, 1.807) is 4.90 Å². The minimum absolute atomic E-state index is 0.112. The summed E-state index contributed by atoms with van der Waals surface area (Å²) in [7, 11) is 0. The Kier molecular flexibility index (Phi) is 3.67. The van der Waals surface area contributed by atoms with Crippen LogP contribution in [0.4, 0.5) is 10.1 Å². The molecule has 0 saturated heterocycles. The SMILES string of the molecule is CCN(C(=O)c1cccc(F)n1)c1ccccc1. The molecule has 4 heteroatoms. The van der Waals surface area contributed by atoms with Gasteiger partial charge in [0.2, 0.25) is 5.95 Å². The summed E-state index contributed by atoms with van der Waals surface area (Å²) in [6.45, 7) is 2.37. The Bertz CT molecular complexity index is 543. The van der Waals surface area contributed by atoms with Gasteiger partial charge >= 0.3 is 0 Å². The van der Waals surface area contributed by atoms with Gasteiger partial charge in [-0.2, -0.15) is 4.39 Å². The summed E-state index contributed by atoms with van der Waals surface area (Å²) in [5.41, 5.74) is 0.886. The third-order valence-corrected chi connectivity index (χ3v) is 2.56. The van der Waals surface area contributed by atoms with Crippen molar-refractivity contribution in [3.05, 3.63) is 60.2 Å². The fourth-order valence-corrected chi connectivity index (χ4v) is 1.72. The normalized spacial score (nSPS) is 10.1. The highest BCUT2D eigenvalue weighted by Gasteiger charge is 2.17.